The molecule has 2 aromatic rings. The number of nitrogens with one attached hydrogen (secondary N) is 1. The van der Waals surface area contributed by atoms with Crippen LogP contribution < -0.4 is 10.1 Å². The quantitative estimate of drug-likeness (QED) is 0.793. The molecule has 1 aliphatic rings. The number of aryl methyl sites for hydroxylation is 3. The summed E-state index contributed by atoms with van der Waals surface area (Å²) in [7, 11) is 0. The first-order valence-electron chi connectivity index (χ1n) is 9.50. The summed E-state index contributed by atoms with van der Waals surface area (Å²) in [6.07, 6.45) is 6.93. The summed E-state index contributed by atoms with van der Waals surface area (Å²) in [5, 5.41) is 7.12. The Morgan fingerprint density at radius 3 is 2.65 bits per heavy atom. The Kier molecular flexibility index (Phi) is 5.96. The van der Waals surface area contributed by atoms with Crippen molar-refractivity contribution in [1.29, 1.82) is 0 Å². The van der Waals surface area contributed by atoms with Crippen LogP contribution in [0, 0.1) is 20.8 Å². The first kappa shape index (κ1) is 18.5. The molecule has 0 atom stereocenters. The Balaban J connectivity index is 1.69. The molecular weight excluding hydrogens is 328 g/mol. The van der Waals surface area contributed by atoms with Crippen LogP contribution in [0.25, 0.3) is 0 Å². The number of rotatable bonds is 5. The van der Waals surface area contributed by atoms with Gasteiger partial charge in [0.05, 0.1) is 5.56 Å². The van der Waals surface area contributed by atoms with E-state index in [0.29, 0.717) is 11.5 Å². The molecule has 0 unspecified atom stereocenters. The van der Waals surface area contributed by atoms with Gasteiger partial charge in [0.15, 0.2) is 5.69 Å². The van der Waals surface area contributed by atoms with Crippen LogP contribution >= 0.6 is 0 Å². The summed E-state index contributed by atoms with van der Waals surface area (Å²) in [4.78, 5) is 12.7. The summed E-state index contributed by atoms with van der Waals surface area (Å²) < 4.78 is 11.2. The fourth-order valence-electron chi connectivity index (χ4n) is 3.43. The maximum Gasteiger partial charge on any atom is 0.274 e. The van der Waals surface area contributed by atoms with Crippen LogP contribution in [-0.4, -0.2) is 17.1 Å². The zero-order valence-corrected chi connectivity index (χ0v) is 15.9. The Bertz CT molecular complexity index is 759. The molecule has 140 valence electrons. The molecule has 1 saturated carbocycles. The van der Waals surface area contributed by atoms with Gasteiger partial charge >= 0.3 is 0 Å². The van der Waals surface area contributed by atoms with Crippen molar-refractivity contribution in [3.05, 3.63) is 46.3 Å². The van der Waals surface area contributed by atoms with Crippen LogP contribution in [0.15, 0.2) is 22.7 Å². The van der Waals surface area contributed by atoms with Gasteiger partial charge in [-0.05, 0) is 50.8 Å². The third kappa shape index (κ3) is 4.45. The molecule has 5 heteroatoms. The van der Waals surface area contributed by atoms with E-state index >= 15 is 0 Å². The molecule has 1 fully saturated rings. The molecule has 1 N–H and O–H groups in total. The van der Waals surface area contributed by atoms with Crippen LogP contribution in [0.3, 0.4) is 0 Å². The zero-order valence-electron chi connectivity index (χ0n) is 15.9. The normalized spacial score (nSPS) is 15.5. The average molecular weight is 356 g/mol. The van der Waals surface area contributed by atoms with Crippen molar-refractivity contribution in [2.24, 2.45) is 0 Å². The van der Waals surface area contributed by atoms with E-state index in [1.165, 1.54) is 25.7 Å². The van der Waals surface area contributed by atoms with Crippen molar-refractivity contribution in [3.8, 4) is 5.75 Å². The minimum atomic E-state index is -0.159. The highest BCUT2D eigenvalue weighted by atomic mass is 16.5. The molecule has 5 nitrogen and oxygen atoms in total. The van der Waals surface area contributed by atoms with Crippen molar-refractivity contribution >= 4 is 5.91 Å². The van der Waals surface area contributed by atoms with Crippen LogP contribution in [0.2, 0.25) is 0 Å². The molecule has 1 amide bonds. The maximum absolute atomic E-state index is 12.7. The minimum absolute atomic E-state index is 0.159. The van der Waals surface area contributed by atoms with E-state index in [2.05, 4.69) is 16.5 Å². The number of benzene rings is 1. The molecule has 3 rings (SSSR count). The SMILES string of the molecule is Cc1ccc(C)c(OCc2c(C(=O)NC3CCCCCC3)noc2C)c1. The lowest BCUT2D eigenvalue weighted by molar-refractivity contribution is 0.0922. The van der Waals surface area contributed by atoms with Gasteiger partial charge in [-0.25, -0.2) is 0 Å². The predicted molar refractivity (Wildman–Crippen MR) is 100 cm³/mol. The number of amides is 1. The van der Waals surface area contributed by atoms with Crippen LogP contribution in [0.5, 0.6) is 5.75 Å². The van der Waals surface area contributed by atoms with E-state index in [-0.39, 0.29) is 18.6 Å². The third-order valence-electron chi connectivity index (χ3n) is 5.11. The largest absolute Gasteiger partial charge is 0.488 e. The Labute approximate surface area is 155 Å². The number of hydrogen-bond donors (Lipinski definition) is 1. The first-order chi connectivity index (χ1) is 12.5. The van der Waals surface area contributed by atoms with Gasteiger partial charge in [-0.2, -0.15) is 0 Å². The van der Waals surface area contributed by atoms with Gasteiger partial charge in [0.2, 0.25) is 0 Å². The van der Waals surface area contributed by atoms with Crippen molar-refractivity contribution in [1.82, 2.24) is 10.5 Å². The van der Waals surface area contributed by atoms with Gasteiger partial charge in [-0.1, -0.05) is 43.0 Å². The topological polar surface area (TPSA) is 64.4 Å². The van der Waals surface area contributed by atoms with Crippen LogP contribution in [0.1, 0.15) is 71.5 Å². The monoisotopic (exact) mass is 356 g/mol. The van der Waals surface area contributed by atoms with Crippen molar-refractivity contribution in [3.63, 3.8) is 0 Å². The van der Waals surface area contributed by atoms with E-state index in [1.54, 1.807) is 0 Å². The molecule has 0 radical (unpaired) electrons. The molecular formula is C21H28N2O3. The molecule has 1 heterocycles. The molecule has 0 aliphatic heterocycles. The van der Waals surface area contributed by atoms with Crippen molar-refractivity contribution < 1.29 is 14.1 Å². The lowest BCUT2D eigenvalue weighted by Gasteiger charge is -2.16. The van der Waals surface area contributed by atoms with E-state index in [1.807, 2.05) is 32.9 Å². The van der Waals surface area contributed by atoms with E-state index in [0.717, 1.165) is 35.3 Å². The molecule has 0 bridgehead atoms. The van der Waals surface area contributed by atoms with Crippen molar-refractivity contribution in [2.75, 3.05) is 0 Å². The number of hydrogen-bond acceptors (Lipinski definition) is 4. The summed E-state index contributed by atoms with van der Waals surface area (Å²) in [6.45, 7) is 6.13. The molecule has 0 saturated heterocycles. The lowest BCUT2D eigenvalue weighted by atomic mass is 10.1. The Morgan fingerprint density at radius 2 is 1.92 bits per heavy atom. The van der Waals surface area contributed by atoms with E-state index < -0.39 is 0 Å². The zero-order chi connectivity index (χ0) is 18.5. The Morgan fingerprint density at radius 1 is 1.19 bits per heavy atom. The van der Waals surface area contributed by atoms with Gasteiger partial charge in [0, 0.05) is 6.04 Å². The number of carbonyl (C=O) groups excluding carboxylic acids is 1. The highest BCUT2D eigenvalue weighted by Crippen LogP contribution is 2.23. The summed E-state index contributed by atoms with van der Waals surface area (Å²) in [6, 6.07) is 6.32. The summed E-state index contributed by atoms with van der Waals surface area (Å²) in [5.74, 6) is 1.29. The second-order valence-corrected chi connectivity index (χ2v) is 7.29. The first-order valence-corrected chi connectivity index (χ1v) is 9.50. The van der Waals surface area contributed by atoms with Crippen LogP contribution in [0.4, 0.5) is 0 Å². The fraction of sp³-hybridized carbons (Fsp3) is 0.524. The molecule has 1 aliphatic carbocycles. The predicted octanol–water partition coefficient (Wildman–Crippen LogP) is 4.63. The number of ether oxygens (including phenoxy) is 1. The number of carbonyl (C=O) groups is 1. The van der Waals surface area contributed by atoms with Gasteiger partial charge in [-0.3, -0.25) is 4.79 Å². The Hall–Kier alpha value is -2.30. The number of aromatic nitrogens is 1. The van der Waals surface area contributed by atoms with Gasteiger partial charge < -0.3 is 14.6 Å². The lowest BCUT2D eigenvalue weighted by Crippen LogP contribution is -2.35. The molecule has 26 heavy (non-hydrogen) atoms. The molecule has 1 aromatic heterocycles. The highest BCUT2D eigenvalue weighted by Gasteiger charge is 2.23. The fourth-order valence-corrected chi connectivity index (χ4v) is 3.43. The minimum Gasteiger partial charge on any atom is -0.488 e. The van der Waals surface area contributed by atoms with Crippen molar-refractivity contribution in [2.45, 2.75) is 71.9 Å². The second kappa shape index (κ2) is 8.39. The second-order valence-electron chi connectivity index (χ2n) is 7.29. The van der Waals surface area contributed by atoms with Gasteiger partial charge in [0.1, 0.15) is 18.1 Å². The maximum atomic E-state index is 12.7. The smallest absolute Gasteiger partial charge is 0.274 e. The summed E-state index contributed by atoms with van der Waals surface area (Å²) in [5.41, 5.74) is 3.27. The standard InChI is InChI=1S/C21H28N2O3/c1-14-10-11-15(2)19(12-14)25-13-18-16(3)26-23-20(18)21(24)22-17-8-6-4-5-7-9-17/h10-12,17H,4-9,13H2,1-3H3,(H,22,24). The van der Waals surface area contributed by atoms with Gasteiger partial charge in [-0.15, -0.1) is 0 Å². The summed E-state index contributed by atoms with van der Waals surface area (Å²) >= 11 is 0. The molecule has 0 spiro atoms. The van der Waals surface area contributed by atoms with Crippen LogP contribution in [-0.2, 0) is 6.61 Å². The third-order valence-corrected chi connectivity index (χ3v) is 5.11. The van der Waals surface area contributed by atoms with E-state index in [9.17, 15) is 4.79 Å². The average Bonchev–Trinajstić information content (AvgIpc) is 2.81. The van der Waals surface area contributed by atoms with E-state index in [4.69, 9.17) is 9.26 Å². The number of nitrogens with zero attached hydrogens (tertiary/aromatic N) is 1. The molecule has 1 aromatic carbocycles. The highest BCUT2D eigenvalue weighted by molar-refractivity contribution is 5.94. The van der Waals surface area contributed by atoms with Gasteiger partial charge in [0.25, 0.3) is 5.91 Å².